The minimum absolute atomic E-state index is 0.139. The van der Waals surface area contributed by atoms with E-state index in [4.69, 9.17) is 9.47 Å². The number of rotatable bonds is 6. The number of amides is 1. The van der Waals surface area contributed by atoms with Crippen molar-refractivity contribution >= 4 is 28.1 Å². The van der Waals surface area contributed by atoms with Crippen LogP contribution in [0.25, 0.3) is 21.5 Å². The molecule has 0 fully saturated rings. The molecule has 0 aliphatic heterocycles. The van der Waals surface area contributed by atoms with Gasteiger partial charge in [-0.2, -0.15) is 5.10 Å². The number of carbonyl (C=O) groups excluding carboxylic acids is 1. The number of nitrogens with zero attached hydrogens (tertiary/aromatic N) is 1. The Morgan fingerprint density at radius 1 is 1.14 bits per heavy atom. The van der Waals surface area contributed by atoms with Crippen LogP contribution in [0.2, 0.25) is 0 Å². The number of hydrogen-bond acceptors (Lipinski definition) is 5. The van der Waals surface area contributed by atoms with Crippen molar-refractivity contribution in [2.45, 2.75) is 6.54 Å². The summed E-state index contributed by atoms with van der Waals surface area (Å²) in [7, 11) is 3.20. The van der Waals surface area contributed by atoms with Crippen LogP contribution < -0.4 is 14.8 Å². The first-order chi connectivity index (χ1) is 13.7. The summed E-state index contributed by atoms with van der Waals surface area (Å²) in [6.45, 7) is 0.364. The van der Waals surface area contributed by atoms with Crippen LogP contribution in [0, 0.1) is 0 Å². The highest BCUT2D eigenvalue weighted by molar-refractivity contribution is 7.14. The molecule has 0 spiro atoms. The molecule has 0 aliphatic carbocycles. The Morgan fingerprint density at radius 2 is 2.00 bits per heavy atom. The van der Waals surface area contributed by atoms with Crippen LogP contribution in [0.3, 0.4) is 0 Å². The smallest absolute Gasteiger partial charge is 0.252 e. The molecule has 2 N–H and O–H groups in total. The summed E-state index contributed by atoms with van der Waals surface area (Å²) in [5.41, 5.74) is 3.32. The predicted octanol–water partition coefficient (Wildman–Crippen LogP) is 4.24. The number of fused-ring (bicyclic) bond motifs is 1. The highest BCUT2D eigenvalue weighted by atomic mass is 32.1. The zero-order chi connectivity index (χ0) is 19.5. The molecule has 7 heteroatoms. The molecule has 28 heavy (non-hydrogen) atoms. The van der Waals surface area contributed by atoms with Crippen molar-refractivity contribution in [3.05, 3.63) is 65.0 Å². The highest BCUT2D eigenvalue weighted by Crippen LogP contribution is 2.31. The summed E-state index contributed by atoms with van der Waals surface area (Å²) in [5, 5.41) is 13.3. The molecule has 0 unspecified atom stereocenters. The normalized spacial score (nSPS) is 10.8. The van der Waals surface area contributed by atoms with Gasteiger partial charge in [-0.3, -0.25) is 9.89 Å². The lowest BCUT2D eigenvalue weighted by atomic mass is 10.1. The summed E-state index contributed by atoms with van der Waals surface area (Å²) in [5.74, 6) is 1.24. The summed E-state index contributed by atoms with van der Waals surface area (Å²) in [6.07, 6.45) is 0. The van der Waals surface area contributed by atoms with Gasteiger partial charge in [0.15, 0.2) is 0 Å². The fourth-order valence-corrected chi connectivity index (χ4v) is 3.90. The highest BCUT2D eigenvalue weighted by Gasteiger charge is 2.14. The third kappa shape index (κ3) is 3.44. The van der Waals surface area contributed by atoms with Crippen LogP contribution in [0.1, 0.15) is 15.9 Å². The number of thiophene rings is 1. The number of hydrogen-bond donors (Lipinski definition) is 2. The van der Waals surface area contributed by atoms with Gasteiger partial charge >= 0.3 is 0 Å². The van der Waals surface area contributed by atoms with Gasteiger partial charge in [0, 0.05) is 28.9 Å². The van der Waals surface area contributed by atoms with Gasteiger partial charge in [-0.1, -0.05) is 18.2 Å². The molecule has 0 bridgehead atoms. The second-order valence-electron chi connectivity index (χ2n) is 6.18. The molecule has 0 radical (unpaired) electrons. The molecule has 1 amide bonds. The molecule has 4 aromatic rings. The van der Waals surface area contributed by atoms with Gasteiger partial charge in [0.1, 0.15) is 17.2 Å². The van der Waals surface area contributed by atoms with Crippen LogP contribution >= 0.6 is 11.3 Å². The largest absolute Gasteiger partial charge is 0.497 e. The van der Waals surface area contributed by atoms with E-state index in [9.17, 15) is 4.79 Å². The van der Waals surface area contributed by atoms with Gasteiger partial charge in [0.25, 0.3) is 5.91 Å². The van der Waals surface area contributed by atoms with Gasteiger partial charge in [-0.05, 0) is 24.3 Å². The van der Waals surface area contributed by atoms with Gasteiger partial charge in [0.2, 0.25) is 0 Å². The average Bonchev–Trinajstić information content (AvgIpc) is 3.38. The molecular weight excluding hydrogens is 374 g/mol. The van der Waals surface area contributed by atoms with E-state index in [2.05, 4.69) is 15.5 Å². The van der Waals surface area contributed by atoms with Crippen molar-refractivity contribution in [2.75, 3.05) is 14.2 Å². The molecule has 2 aromatic heterocycles. The molecule has 2 aromatic carbocycles. The number of benzene rings is 2. The Labute approximate surface area is 166 Å². The van der Waals surface area contributed by atoms with Crippen molar-refractivity contribution in [1.29, 1.82) is 0 Å². The molecule has 142 valence electrons. The van der Waals surface area contributed by atoms with Crippen molar-refractivity contribution in [3.63, 3.8) is 0 Å². The third-order valence-electron chi connectivity index (χ3n) is 4.50. The number of nitrogens with one attached hydrogen (secondary N) is 2. The maximum absolute atomic E-state index is 12.6. The van der Waals surface area contributed by atoms with Crippen molar-refractivity contribution in [3.8, 4) is 22.1 Å². The molecule has 0 saturated heterocycles. The molecular formula is C21H19N3O3S. The number of para-hydroxylation sites is 1. The maximum atomic E-state index is 12.6. The van der Waals surface area contributed by atoms with Gasteiger partial charge in [0.05, 0.1) is 30.2 Å². The standard InChI is InChI=1S/C21H19N3O3S/c1-26-15-8-7-13(18(10-15)27-2)11-22-21(25)14-9-19(28-12-14)20-16-5-3-4-6-17(16)23-24-20/h3-10,12H,11H2,1-2H3,(H,22,25)(H,23,24). The molecule has 0 aliphatic rings. The molecule has 2 heterocycles. The van der Waals surface area contributed by atoms with E-state index in [0.717, 1.165) is 27.0 Å². The first-order valence-corrected chi connectivity index (χ1v) is 9.58. The minimum atomic E-state index is -0.139. The van der Waals surface area contributed by atoms with Crippen molar-refractivity contribution < 1.29 is 14.3 Å². The van der Waals surface area contributed by atoms with Crippen LogP contribution in [-0.4, -0.2) is 30.3 Å². The summed E-state index contributed by atoms with van der Waals surface area (Å²) >= 11 is 1.50. The van der Waals surface area contributed by atoms with Crippen LogP contribution in [0.5, 0.6) is 11.5 Å². The summed E-state index contributed by atoms with van der Waals surface area (Å²) in [6, 6.07) is 15.3. The number of ether oxygens (including phenoxy) is 2. The lowest BCUT2D eigenvalue weighted by molar-refractivity contribution is 0.0951. The Morgan fingerprint density at radius 3 is 2.82 bits per heavy atom. The lowest BCUT2D eigenvalue weighted by Crippen LogP contribution is -2.22. The van der Waals surface area contributed by atoms with E-state index in [0.29, 0.717) is 23.6 Å². The van der Waals surface area contributed by atoms with Crippen molar-refractivity contribution in [1.82, 2.24) is 15.5 Å². The van der Waals surface area contributed by atoms with Crippen LogP contribution in [-0.2, 0) is 6.54 Å². The predicted molar refractivity (Wildman–Crippen MR) is 110 cm³/mol. The van der Waals surface area contributed by atoms with Crippen LogP contribution in [0.4, 0.5) is 0 Å². The van der Waals surface area contributed by atoms with Crippen LogP contribution in [0.15, 0.2) is 53.9 Å². The SMILES string of the molecule is COc1ccc(CNC(=O)c2csc(-c3n[nH]c4ccccc34)c2)c(OC)c1. The summed E-state index contributed by atoms with van der Waals surface area (Å²) < 4.78 is 10.6. The number of methoxy groups -OCH3 is 2. The molecule has 0 saturated carbocycles. The second-order valence-corrected chi connectivity index (χ2v) is 7.09. The van der Waals surface area contributed by atoms with Gasteiger partial charge in [-0.15, -0.1) is 11.3 Å². The molecule has 6 nitrogen and oxygen atoms in total. The fourth-order valence-electron chi connectivity index (χ4n) is 3.01. The van der Waals surface area contributed by atoms with Crippen molar-refractivity contribution in [2.24, 2.45) is 0 Å². The number of H-pyrrole nitrogens is 1. The van der Waals surface area contributed by atoms with E-state index in [1.165, 1.54) is 11.3 Å². The molecule has 4 rings (SSSR count). The Balaban J connectivity index is 1.49. The Bertz CT molecular complexity index is 1130. The molecule has 0 atom stereocenters. The van der Waals surface area contributed by atoms with Gasteiger partial charge < -0.3 is 14.8 Å². The maximum Gasteiger partial charge on any atom is 0.252 e. The van der Waals surface area contributed by atoms with Gasteiger partial charge in [-0.25, -0.2) is 0 Å². The quantitative estimate of drug-likeness (QED) is 0.514. The summed E-state index contributed by atoms with van der Waals surface area (Å²) in [4.78, 5) is 13.5. The topological polar surface area (TPSA) is 76.2 Å². The first kappa shape index (κ1) is 18.1. The van der Waals surface area contributed by atoms with E-state index >= 15 is 0 Å². The Hall–Kier alpha value is -3.32. The number of aromatic nitrogens is 2. The monoisotopic (exact) mass is 393 g/mol. The second kappa shape index (κ2) is 7.74. The van der Waals surface area contributed by atoms with E-state index in [1.54, 1.807) is 20.3 Å². The number of carbonyl (C=O) groups is 1. The first-order valence-electron chi connectivity index (χ1n) is 8.70. The van der Waals surface area contributed by atoms with E-state index < -0.39 is 0 Å². The number of aromatic amines is 1. The zero-order valence-corrected chi connectivity index (χ0v) is 16.3. The Kier molecular flexibility index (Phi) is 4.99. The lowest BCUT2D eigenvalue weighted by Gasteiger charge is -2.11. The van der Waals surface area contributed by atoms with E-state index in [1.807, 2.05) is 47.8 Å². The fraction of sp³-hybridized carbons (Fsp3) is 0.143. The minimum Gasteiger partial charge on any atom is -0.497 e. The third-order valence-corrected chi connectivity index (χ3v) is 5.44. The zero-order valence-electron chi connectivity index (χ0n) is 15.5. The average molecular weight is 393 g/mol. The van der Waals surface area contributed by atoms with E-state index in [-0.39, 0.29) is 5.91 Å².